The molecule has 0 radical (unpaired) electrons. The highest BCUT2D eigenvalue weighted by atomic mass is 19.2. The van der Waals surface area contributed by atoms with Gasteiger partial charge >= 0.3 is 0 Å². The largest absolute Gasteiger partial charge is 0.353 e. The molecule has 0 bridgehead atoms. The number of nitrogens with one attached hydrogen (secondary N) is 1. The molecular weight excluding hydrogens is 341 g/mol. The van der Waals surface area contributed by atoms with E-state index < -0.39 is 47.0 Å². The molecule has 2 aromatic carbocycles. The quantitative estimate of drug-likeness (QED) is 0.471. The molecule has 1 amide bonds. The van der Waals surface area contributed by atoms with Gasteiger partial charge in [-0.1, -0.05) is 30.3 Å². The predicted molar refractivity (Wildman–Crippen MR) is 82.3 cm³/mol. The van der Waals surface area contributed by atoms with E-state index >= 15 is 0 Å². The van der Waals surface area contributed by atoms with Crippen molar-refractivity contribution in [3.63, 3.8) is 0 Å². The zero-order valence-electron chi connectivity index (χ0n) is 13.4. The molecule has 1 atom stereocenters. The number of carbonyl (C=O) groups excluding carboxylic acids is 1. The van der Waals surface area contributed by atoms with Crippen LogP contribution < -0.4 is 5.32 Å². The summed E-state index contributed by atoms with van der Waals surface area (Å²) in [6.45, 7) is 1.69. The van der Waals surface area contributed by atoms with Gasteiger partial charge in [0, 0.05) is 11.6 Å². The number of hydrogen-bond donors (Lipinski definition) is 1. The Balaban J connectivity index is 1.98. The Labute approximate surface area is 141 Å². The van der Waals surface area contributed by atoms with Crippen molar-refractivity contribution in [2.24, 2.45) is 0 Å². The van der Waals surface area contributed by atoms with E-state index in [1.807, 2.05) is 30.3 Å². The van der Waals surface area contributed by atoms with Crippen LogP contribution in [0.2, 0.25) is 0 Å². The summed E-state index contributed by atoms with van der Waals surface area (Å²) in [5, 5.41) is 2.50. The van der Waals surface area contributed by atoms with Gasteiger partial charge in [0.25, 0.3) is 0 Å². The Morgan fingerprint density at radius 3 is 2.00 bits per heavy atom. The molecule has 0 saturated carbocycles. The topological polar surface area (TPSA) is 29.1 Å². The fourth-order valence-electron chi connectivity index (χ4n) is 2.39. The zero-order chi connectivity index (χ0) is 18.6. The SMILES string of the molecule is CC(CCc1ccccc1)NC(=O)Cc1c(F)c(F)c(F)c(F)c1F. The lowest BCUT2D eigenvalue weighted by molar-refractivity contribution is -0.121. The van der Waals surface area contributed by atoms with Crippen LogP contribution in [0.5, 0.6) is 0 Å². The third kappa shape index (κ3) is 4.55. The first kappa shape index (κ1) is 18.9. The van der Waals surface area contributed by atoms with Crippen LogP contribution in [0, 0.1) is 29.1 Å². The maximum atomic E-state index is 13.6. The molecule has 7 heteroatoms. The van der Waals surface area contributed by atoms with Gasteiger partial charge in [0.15, 0.2) is 23.3 Å². The van der Waals surface area contributed by atoms with Crippen LogP contribution in [0.3, 0.4) is 0 Å². The second-order valence-corrected chi connectivity index (χ2v) is 5.72. The predicted octanol–water partition coefficient (Wildman–Crippen LogP) is 4.06. The first-order valence-electron chi connectivity index (χ1n) is 7.64. The van der Waals surface area contributed by atoms with Gasteiger partial charge in [0.05, 0.1) is 6.42 Å². The zero-order valence-corrected chi connectivity index (χ0v) is 13.4. The maximum Gasteiger partial charge on any atom is 0.224 e. The molecule has 0 heterocycles. The fourth-order valence-corrected chi connectivity index (χ4v) is 2.39. The van der Waals surface area contributed by atoms with Gasteiger partial charge in [-0.15, -0.1) is 0 Å². The number of benzene rings is 2. The molecule has 2 rings (SSSR count). The summed E-state index contributed by atoms with van der Waals surface area (Å²) < 4.78 is 66.4. The monoisotopic (exact) mass is 357 g/mol. The van der Waals surface area contributed by atoms with E-state index in [2.05, 4.69) is 5.32 Å². The molecule has 0 aliphatic heterocycles. The van der Waals surface area contributed by atoms with Crippen molar-refractivity contribution in [2.75, 3.05) is 0 Å². The van der Waals surface area contributed by atoms with Crippen LogP contribution in [0.15, 0.2) is 30.3 Å². The summed E-state index contributed by atoms with van der Waals surface area (Å²) in [7, 11) is 0. The number of carbonyl (C=O) groups is 1. The summed E-state index contributed by atoms with van der Waals surface area (Å²) in [6, 6.07) is 9.14. The molecule has 1 N–H and O–H groups in total. The molecule has 2 aromatic rings. The van der Waals surface area contributed by atoms with E-state index in [9.17, 15) is 26.7 Å². The number of halogens is 5. The Hall–Kier alpha value is -2.44. The summed E-state index contributed by atoms with van der Waals surface area (Å²) in [4.78, 5) is 11.9. The average Bonchev–Trinajstić information content (AvgIpc) is 2.61. The summed E-state index contributed by atoms with van der Waals surface area (Å²) >= 11 is 0. The lowest BCUT2D eigenvalue weighted by atomic mass is 10.1. The van der Waals surface area contributed by atoms with Gasteiger partial charge in [-0.2, -0.15) is 0 Å². The van der Waals surface area contributed by atoms with Crippen LogP contribution in [-0.4, -0.2) is 11.9 Å². The highest BCUT2D eigenvalue weighted by Crippen LogP contribution is 2.23. The molecular formula is C18H16F5NO. The highest BCUT2D eigenvalue weighted by Gasteiger charge is 2.27. The summed E-state index contributed by atoms with van der Waals surface area (Å²) in [5.74, 6) is -11.1. The number of amides is 1. The molecule has 1 unspecified atom stereocenters. The van der Waals surface area contributed by atoms with Crippen LogP contribution >= 0.6 is 0 Å². The normalized spacial score (nSPS) is 12.1. The Kier molecular flexibility index (Phi) is 6.12. The van der Waals surface area contributed by atoms with Crippen LogP contribution in [-0.2, 0) is 17.6 Å². The Bertz CT molecular complexity index is 735. The molecule has 0 aliphatic rings. The lowest BCUT2D eigenvalue weighted by Gasteiger charge is -2.15. The first-order chi connectivity index (χ1) is 11.8. The molecule has 25 heavy (non-hydrogen) atoms. The molecule has 0 spiro atoms. The smallest absolute Gasteiger partial charge is 0.224 e. The van der Waals surface area contributed by atoms with E-state index in [1.54, 1.807) is 6.92 Å². The second-order valence-electron chi connectivity index (χ2n) is 5.72. The lowest BCUT2D eigenvalue weighted by Crippen LogP contribution is -2.34. The highest BCUT2D eigenvalue weighted by molar-refractivity contribution is 5.79. The van der Waals surface area contributed by atoms with Crippen LogP contribution in [0.4, 0.5) is 22.0 Å². The van der Waals surface area contributed by atoms with Crippen molar-refractivity contribution in [3.8, 4) is 0 Å². The standard InChI is InChI=1S/C18H16F5NO/c1-10(7-8-11-5-3-2-4-6-11)24-13(25)9-12-14(19)16(21)18(23)17(22)15(12)20/h2-6,10H,7-9H2,1H3,(H,24,25). The Morgan fingerprint density at radius 1 is 0.920 bits per heavy atom. The second kappa shape index (κ2) is 8.09. The third-order valence-corrected chi connectivity index (χ3v) is 3.75. The Morgan fingerprint density at radius 2 is 1.44 bits per heavy atom. The number of hydrogen-bond acceptors (Lipinski definition) is 1. The summed E-state index contributed by atoms with van der Waals surface area (Å²) in [6.07, 6.45) is 0.305. The van der Waals surface area contributed by atoms with Crippen LogP contribution in [0.1, 0.15) is 24.5 Å². The van der Waals surface area contributed by atoms with Crippen molar-refractivity contribution in [2.45, 2.75) is 32.2 Å². The van der Waals surface area contributed by atoms with Gasteiger partial charge in [-0.05, 0) is 25.3 Å². The van der Waals surface area contributed by atoms with Crippen molar-refractivity contribution in [1.29, 1.82) is 0 Å². The molecule has 0 fully saturated rings. The average molecular weight is 357 g/mol. The molecule has 0 aromatic heterocycles. The molecule has 0 saturated heterocycles. The van der Waals surface area contributed by atoms with E-state index in [0.29, 0.717) is 12.8 Å². The van der Waals surface area contributed by atoms with Gasteiger partial charge in [-0.25, -0.2) is 22.0 Å². The minimum absolute atomic E-state index is 0.325. The van der Waals surface area contributed by atoms with Crippen molar-refractivity contribution in [1.82, 2.24) is 5.32 Å². The third-order valence-electron chi connectivity index (χ3n) is 3.75. The van der Waals surface area contributed by atoms with E-state index in [1.165, 1.54) is 0 Å². The fraction of sp³-hybridized carbons (Fsp3) is 0.278. The molecule has 2 nitrogen and oxygen atoms in total. The van der Waals surface area contributed by atoms with E-state index in [-0.39, 0.29) is 6.04 Å². The summed E-state index contributed by atoms with van der Waals surface area (Å²) in [5.41, 5.74) is -0.0764. The van der Waals surface area contributed by atoms with Crippen molar-refractivity contribution in [3.05, 3.63) is 70.5 Å². The van der Waals surface area contributed by atoms with Gasteiger partial charge in [0.1, 0.15) is 0 Å². The van der Waals surface area contributed by atoms with E-state index in [4.69, 9.17) is 0 Å². The maximum absolute atomic E-state index is 13.6. The number of rotatable bonds is 6. The van der Waals surface area contributed by atoms with Gasteiger partial charge in [0.2, 0.25) is 11.7 Å². The molecule has 0 aliphatic carbocycles. The number of aryl methyl sites for hydroxylation is 1. The van der Waals surface area contributed by atoms with E-state index in [0.717, 1.165) is 5.56 Å². The molecule has 134 valence electrons. The van der Waals surface area contributed by atoms with Gasteiger partial charge in [-0.3, -0.25) is 4.79 Å². The first-order valence-corrected chi connectivity index (χ1v) is 7.64. The minimum Gasteiger partial charge on any atom is -0.353 e. The van der Waals surface area contributed by atoms with Crippen molar-refractivity contribution < 1.29 is 26.7 Å². The van der Waals surface area contributed by atoms with Crippen LogP contribution in [0.25, 0.3) is 0 Å². The van der Waals surface area contributed by atoms with Crippen molar-refractivity contribution >= 4 is 5.91 Å². The minimum atomic E-state index is -2.24. The van der Waals surface area contributed by atoms with Gasteiger partial charge < -0.3 is 5.32 Å².